The number of hydrogen-bond donors (Lipinski definition) is 1. The first kappa shape index (κ1) is 12.4. The van der Waals surface area contributed by atoms with Crippen LogP contribution < -0.4 is 5.73 Å². The van der Waals surface area contributed by atoms with E-state index in [0.29, 0.717) is 27.5 Å². The Hall–Kier alpha value is -2.01. The molecule has 0 saturated carbocycles. The Labute approximate surface area is 109 Å². The molecule has 2 rings (SSSR count). The third kappa shape index (κ3) is 2.04. The van der Waals surface area contributed by atoms with Gasteiger partial charge in [0.1, 0.15) is 5.82 Å². The third-order valence-corrected chi connectivity index (χ3v) is 2.99. The maximum atomic E-state index is 11.5. The van der Waals surface area contributed by atoms with Gasteiger partial charge in [0.15, 0.2) is 0 Å². The fourth-order valence-electron chi connectivity index (χ4n) is 1.63. The summed E-state index contributed by atoms with van der Waals surface area (Å²) in [6.07, 6.45) is 1.61. The van der Waals surface area contributed by atoms with E-state index in [1.807, 2.05) is 0 Å². The van der Waals surface area contributed by atoms with Crippen LogP contribution in [0.4, 0.5) is 5.82 Å². The highest BCUT2D eigenvalue weighted by molar-refractivity contribution is 6.33. The highest BCUT2D eigenvalue weighted by atomic mass is 35.5. The Morgan fingerprint density at radius 3 is 2.72 bits per heavy atom. The zero-order chi connectivity index (χ0) is 13.3. The molecule has 0 aliphatic carbocycles. The van der Waals surface area contributed by atoms with Crippen LogP contribution in [0.3, 0.4) is 0 Å². The molecule has 0 radical (unpaired) electrons. The molecule has 0 amide bonds. The Morgan fingerprint density at radius 1 is 1.44 bits per heavy atom. The van der Waals surface area contributed by atoms with E-state index < -0.39 is 5.97 Å². The number of benzene rings is 1. The molecule has 0 bridgehead atoms. The van der Waals surface area contributed by atoms with Gasteiger partial charge in [-0.1, -0.05) is 11.6 Å². The molecule has 0 saturated heterocycles. The monoisotopic (exact) mass is 265 g/mol. The van der Waals surface area contributed by atoms with Crippen molar-refractivity contribution in [3.63, 3.8) is 0 Å². The minimum Gasteiger partial charge on any atom is -0.465 e. The first-order valence-electron chi connectivity index (χ1n) is 5.20. The van der Waals surface area contributed by atoms with Crippen LogP contribution in [0.2, 0.25) is 5.02 Å². The number of methoxy groups -OCH3 is 1. The molecular formula is C12H12ClN3O2. The van der Waals surface area contributed by atoms with Crippen LogP contribution >= 0.6 is 11.6 Å². The van der Waals surface area contributed by atoms with Gasteiger partial charge in [-0.15, -0.1) is 0 Å². The largest absolute Gasteiger partial charge is 0.465 e. The molecule has 94 valence electrons. The quantitative estimate of drug-likeness (QED) is 0.845. The van der Waals surface area contributed by atoms with Crippen LogP contribution in [0, 0.1) is 0 Å². The molecule has 0 aliphatic heterocycles. The van der Waals surface area contributed by atoms with E-state index in [1.54, 1.807) is 31.4 Å². The zero-order valence-electron chi connectivity index (χ0n) is 9.98. The third-order valence-electron chi connectivity index (χ3n) is 2.66. The summed E-state index contributed by atoms with van der Waals surface area (Å²) >= 11 is 6.12. The lowest BCUT2D eigenvalue weighted by atomic mass is 10.1. The second kappa shape index (κ2) is 4.70. The molecule has 18 heavy (non-hydrogen) atoms. The van der Waals surface area contributed by atoms with E-state index >= 15 is 0 Å². The molecule has 0 atom stereocenters. The Bertz CT molecular complexity index is 607. The number of nitrogens with zero attached hydrogens (tertiary/aromatic N) is 2. The summed E-state index contributed by atoms with van der Waals surface area (Å²) in [6, 6.07) is 4.88. The number of carbonyl (C=O) groups is 1. The van der Waals surface area contributed by atoms with Gasteiger partial charge < -0.3 is 10.5 Å². The van der Waals surface area contributed by atoms with Crippen molar-refractivity contribution in [2.24, 2.45) is 7.05 Å². The van der Waals surface area contributed by atoms with Crippen LogP contribution in [0.5, 0.6) is 0 Å². The van der Waals surface area contributed by atoms with Crippen LogP contribution in [-0.4, -0.2) is 22.9 Å². The van der Waals surface area contributed by atoms with Crippen molar-refractivity contribution in [3.8, 4) is 11.1 Å². The standard InChI is InChI=1S/C12H12ClN3O2/c1-16-11(14)9(6-15-16)8-5-7(12(17)18-2)3-4-10(8)13/h3-6H,14H2,1-2H3. The minimum absolute atomic E-state index is 0.417. The molecule has 2 N–H and O–H groups in total. The first-order valence-corrected chi connectivity index (χ1v) is 5.58. The summed E-state index contributed by atoms with van der Waals surface area (Å²) in [5.41, 5.74) is 7.65. The Kier molecular flexibility index (Phi) is 3.25. The van der Waals surface area contributed by atoms with Gasteiger partial charge >= 0.3 is 5.97 Å². The number of hydrogen-bond acceptors (Lipinski definition) is 4. The smallest absolute Gasteiger partial charge is 0.337 e. The van der Waals surface area contributed by atoms with Gasteiger partial charge in [0, 0.05) is 23.2 Å². The molecule has 0 spiro atoms. The number of ether oxygens (including phenoxy) is 1. The lowest BCUT2D eigenvalue weighted by molar-refractivity contribution is 0.0601. The molecule has 1 aromatic carbocycles. The summed E-state index contributed by atoms with van der Waals surface area (Å²) in [5, 5.41) is 4.55. The number of halogens is 1. The van der Waals surface area contributed by atoms with Gasteiger partial charge in [0.2, 0.25) is 0 Å². The van der Waals surface area contributed by atoms with Crippen LogP contribution in [0.25, 0.3) is 11.1 Å². The van der Waals surface area contributed by atoms with Crippen molar-refractivity contribution in [1.29, 1.82) is 0 Å². The highest BCUT2D eigenvalue weighted by Crippen LogP contribution is 2.32. The number of esters is 1. The van der Waals surface area contributed by atoms with E-state index in [9.17, 15) is 4.79 Å². The summed E-state index contributed by atoms with van der Waals surface area (Å²) in [7, 11) is 3.06. The molecule has 2 aromatic rings. The summed E-state index contributed by atoms with van der Waals surface area (Å²) in [4.78, 5) is 11.5. The van der Waals surface area contributed by atoms with E-state index in [-0.39, 0.29) is 0 Å². The SMILES string of the molecule is COC(=O)c1ccc(Cl)c(-c2cnn(C)c2N)c1. The number of carbonyl (C=O) groups excluding carboxylic acids is 1. The summed E-state index contributed by atoms with van der Waals surface area (Å²) in [6.45, 7) is 0. The normalized spacial score (nSPS) is 10.4. The van der Waals surface area contributed by atoms with Crippen LogP contribution in [0.1, 0.15) is 10.4 Å². The van der Waals surface area contributed by atoms with Crippen LogP contribution in [-0.2, 0) is 11.8 Å². The number of anilines is 1. The van der Waals surface area contributed by atoms with Gasteiger partial charge in [0.25, 0.3) is 0 Å². The fraction of sp³-hybridized carbons (Fsp3) is 0.167. The average molecular weight is 266 g/mol. The second-order valence-corrected chi connectivity index (χ2v) is 4.16. The van der Waals surface area contributed by atoms with Crippen molar-refractivity contribution in [1.82, 2.24) is 9.78 Å². The lowest BCUT2D eigenvalue weighted by Crippen LogP contribution is -2.02. The predicted molar refractivity (Wildman–Crippen MR) is 69.4 cm³/mol. The van der Waals surface area contributed by atoms with Gasteiger partial charge in [-0.25, -0.2) is 4.79 Å². The topological polar surface area (TPSA) is 70.1 Å². The minimum atomic E-state index is -0.421. The fourth-order valence-corrected chi connectivity index (χ4v) is 1.85. The average Bonchev–Trinajstić information content (AvgIpc) is 2.70. The number of nitrogens with two attached hydrogens (primary N) is 1. The van der Waals surface area contributed by atoms with Crippen LogP contribution in [0.15, 0.2) is 24.4 Å². The molecule has 0 aliphatic rings. The summed E-state index contributed by atoms with van der Waals surface area (Å²) < 4.78 is 6.21. The predicted octanol–water partition coefficient (Wildman–Crippen LogP) is 2.11. The lowest BCUT2D eigenvalue weighted by Gasteiger charge is -2.06. The molecule has 1 aromatic heterocycles. The second-order valence-electron chi connectivity index (χ2n) is 3.75. The molecule has 0 fully saturated rings. The van der Waals surface area contributed by atoms with Crippen molar-refractivity contribution in [2.45, 2.75) is 0 Å². The Morgan fingerprint density at radius 2 is 2.17 bits per heavy atom. The molecule has 6 heteroatoms. The molecule has 5 nitrogen and oxygen atoms in total. The summed E-state index contributed by atoms with van der Waals surface area (Å²) in [5.74, 6) is 0.0642. The Balaban J connectivity index is 2.57. The maximum Gasteiger partial charge on any atom is 0.337 e. The number of aromatic nitrogens is 2. The van der Waals surface area contributed by atoms with Crippen molar-refractivity contribution >= 4 is 23.4 Å². The first-order chi connectivity index (χ1) is 8.54. The van der Waals surface area contributed by atoms with E-state index in [0.717, 1.165) is 0 Å². The zero-order valence-corrected chi connectivity index (χ0v) is 10.7. The number of aryl methyl sites for hydroxylation is 1. The van der Waals surface area contributed by atoms with E-state index in [1.165, 1.54) is 11.8 Å². The highest BCUT2D eigenvalue weighted by Gasteiger charge is 2.14. The molecule has 0 unspecified atom stereocenters. The van der Waals surface area contributed by atoms with E-state index in [4.69, 9.17) is 17.3 Å². The van der Waals surface area contributed by atoms with Crippen molar-refractivity contribution in [2.75, 3.05) is 12.8 Å². The molecular weight excluding hydrogens is 254 g/mol. The molecule has 1 heterocycles. The van der Waals surface area contributed by atoms with Gasteiger partial charge in [0.05, 0.1) is 18.9 Å². The van der Waals surface area contributed by atoms with Crippen molar-refractivity contribution < 1.29 is 9.53 Å². The van der Waals surface area contributed by atoms with Crippen molar-refractivity contribution in [3.05, 3.63) is 35.0 Å². The maximum absolute atomic E-state index is 11.5. The van der Waals surface area contributed by atoms with E-state index in [2.05, 4.69) is 9.84 Å². The number of rotatable bonds is 2. The van der Waals surface area contributed by atoms with Gasteiger partial charge in [-0.2, -0.15) is 5.10 Å². The van der Waals surface area contributed by atoms with Gasteiger partial charge in [-0.3, -0.25) is 4.68 Å². The number of nitrogen functional groups attached to an aromatic ring is 1. The van der Waals surface area contributed by atoms with Gasteiger partial charge in [-0.05, 0) is 18.2 Å².